The maximum absolute atomic E-state index is 12.6. The average molecular weight is 401 g/mol. The van der Waals surface area contributed by atoms with Gasteiger partial charge in [-0.2, -0.15) is 13.2 Å². The number of methoxy groups -OCH3 is 1. The van der Waals surface area contributed by atoms with Gasteiger partial charge in [0.25, 0.3) is 0 Å². The number of carbonyl (C=O) groups is 2. The number of hydrogen-bond acceptors (Lipinski definition) is 5. The number of likely N-dealkylation sites (tertiary alicyclic amines) is 1. The zero-order chi connectivity index (χ0) is 20.3. The van der Waals surface area contributed by atoms with Gasteiger partial charge in [-0.15, -0.1) is 0 Å². The predicted octanol–water partition coefficient (Wildman–Crippen LogP) is 3.25. The van der Waals surface area contributed by atoms with E-state index in [1.807, 2.05) is 12.1 Å². The Morgan fingerprint density at radius 1 is 1.21 bits per heavy atom. The van der Waals surface area contributed by atoms with Crippen LogP contribution in [0.3, 0.4) is 0 Å². The number of hydrogen-bond donors (Lipinski definition) is 0. The summed E-state index contributed by atoms with van der Waals surface area (Å²) in [6.45, 7) is 0.274. The first kappa shape index (κ1) is 20.3. The monoisotopic (exact) mass is 401 g/mol. The van der Waals surface area contributed by atoms with Crippen LogP contribution in [-0.4, -0.2) is 49.9 Å². The van der Waals surface area contributed by atoms with Gasteiger partial charge in [0.2, 0.25) is 6.79 Å². The van der Waals surface area contributed by atoms with Crippen LogP contribution in [0.2, 0.25) is 0 Å². The topological polar surface area (TPSA) is 65.1 Å². The number of benzene rings is 1. The summed E-state index contributed by atoms with van der Waals surface area (Å²) >= 11 is 0. The highest BCUT2D eigenvalue weighted by atomic mass is 19.4. The van der Waals surface area contributed by atoms with Gasteiger partial charge in [0.1, 0.15) is 0 Å². The Morgan fingerprint density at radius 3 is 2.54 bits per heavy atom. The number of rotatable bonds is 5. The fourth-order valence-electron chi connectivity index (χ4n) is 3.74. The van der Waals surface area contributed by atoms with Gasteiger partial charge in [-0.05, 0) is 48.8 Å². The molecule has 154 valence electrons. The van der Waals surface area contributed by atoms with Crippen molar-refractivity contribution in [3.8, 4) is 11.5 Å². The Balaban J connectivity index is 1.66. The van der Waals surface area contributed by atoms with E-state index in [1.54, 1.807) is 6.07 Å². The molecule has 1 aromatic rings. The number of fused-ring (bicyclic) bond motifs is 1. The van der Waals surface area contributed by atoms with E-state index in [4.69, 9.17) is 14.2 Å². The molecule has 2 aliphatic heterocycles. The van der Waals surface area contributed by atoms with Crippen molar-refractivity contribution in [2.45, 2.75) is 37.8 Å². The third kappa shape index (κ3) is 4.69. The van der Waals surface area contributed by atoms with Crippen molar-refractivity contribution in [3.63, 3.8) is 0 Å². The molecule has 28 heavy (non-hydrogen) atoms. The molecule has 6 nitrogen and oxygen atoms in total. The minimum absolute atomic E-state index is 0.0646. The highest BCUT2D eigenvalue weighted by Crippen LogP contribution is 2.39. The van der Waals surface area contributed by atoms with E-state index in [0.29, 0.717) is 30.8 Å². The Labute approximate surface area is 160 Å². The number of ether oxygens (including phenoxy) is 3. The van der Waals surface area contributed by atoms with Gasteiger partial charge in [0.15, 0.2) is 11.5 Å². The molecule has 0 radical (unpaired) electrons. The summed E-state index contributed by atoms with van der Waals surface area (Å²) in [5.74, 6) is -0.938. The standard InChI is InChI=1S/C19H22F3NO5/c1-26-17(24)10-14(13-2-3-15-16(9-13)28-11-27-15)8-12-4-6-23(7-5-12)18(25)19(20,21)22/h2-3,9,12,14H,4-8,10-11H2,1H3. The third-order valence-corrected chi connectivity index (χ3v) is 5.27. The molecule has 1 amide bonds. The van der Waals surface area contributed by atoms with Crippen LogP contribution in [0.15, 0.2) is 18.2 Å². The Bertz CT molecular complexity index is 729. The zero-order valence-corrected chi connectivity index (χ0v) is 15.5. The van der Waals surface area contributed by atoms with Gasteiger partial charge in [0, 0.05) is 13.1 Å². The lowest BCUT2D eigenvalue weighted by atomic mass is 9.82. The van der Waals surface area contributed by atoms with E-state index >= 15 is 0 Å². The van der Waals surface area contributed by atoms with Gasteiger partial charge >= 0.3 is 18.1 Å². The first-order valence-corrected chi connectivity index (χ1v) is 9.10. The van der Waals surface area contributed by atoms with E-state index in [0.717, 1.165) is 10.5 Å². The first-order valence-electron chi connectivity index (χ1n) is 9.10. The molecule has 0 aliphatic carbocycles. The molecule has 3 rings (SSSR count). The number of piperidine rings is 1. The van der Waals surface area contributed by atoms with E-state index in [9.17, 15) is 22.8 Å². The van der Waals surface area contributed by atoms with E-state index in [-0.39, 0.29) is 44.1 Å². The molecule has 1 unspecified atom stereocenters. The molecule has 1 aromatic carbocycles. The molecule has 1 fully saturated rings. The average Bonchev–Trinajstić information content (AvgIpc) is 3.14. The highest BCUT2D eigenvalue weighted by molar-refractivity contribution is 5.81. The Hall–Kier alpha value is -2.45. The van der Waals surface area contributed by atoms with Crippen LogP contribution in [0, 0.1) is 5.92 Å². The largest absolute Gasteiger partial charge is 0.471 e. The van der Waals surface area contributed by atoms with Gasteiger partial charge in [0.05, 0.1) is 13.5 Å². The predicted molar refractivity (Wildman–Crippen MR) is 91.9 cm³/mol. The molecule has 0 N–H and O–H groups in total. The van der Waals surface area contributed by atoms with Crippen LogP contribution in [0.25, 0.3) is 0 Å². The molecule has 2 aliphatic rings. The van der Waals surface area contributed by atoms with Crippen molar-refractivity contribution in [3.05, 3.63) is 23.8 Å². The summed E-state index contributed by atoms with van der Waals surface area (Å²) in [6, 6.07) is 5.48. The van der Waals surface area contributed by atoms with Gasteiger partial charge in [-0.1, -0.05) is 6.07 Å². The van der Waals surface area contributed by atoms with Crippen molar-refractivity contribution in [2.24, 2.45) is 5.92 Å². The maximum Gasteiger partial charge on any atom is 0.471 e. The van der Waals surface area contributed by atoms with Crippen molar-refractivity contribution in [1.82, 2.24) is 4.90 Å². The van der Waals surface area contributed by atoms with Crippen molar-refractivity contribution < 1.29 is 37.0 Å². The number of esters is 1. The summed E-state index contributed by atoms with van der Waals surface area (Å²) in [5, 5.41) is 0. The second kappa shape index (κ2) is 8.28. The van der Waals surface area contributed by atoms with Crippen molar-refractivity contribution in [1.29, 1.82) is 0 Å². The van der Waals surface area contributed by atoms with Crippen molar-refractivity contribution in [2.75, 3.05) is 27.0 Å². The Morgan fingerprint density at radius 2 is 1.89 bits per heavy atom. The highest BCUT2D eigenvalue weighted by Gasteiger charge is 2.43. The second-order valence-corrected chi connectivity index (χ2v) is 7.06. The lowest BCUT2D eigenvalue weighted by molar-refractivity contribution is -0.186. The van der Waals surface area contributed by atoms with Gasteiger partial charge < -0.3 is 19.1 Å². The normalized spacial score (nSPS) is 18.1. The van der Waals surface area contributed by atoms with Gasteiger partial charge in [-0.25, -0.2) is 0 Å². The number of carbonyl (C=O) groups excluding carboxylic acids is 2. The summed E-state index contributed by atoms with van der Waals surface area (Å²) in [4.78, 5) is 24.1. The maximum atomic E-state index is 12.6. The van der Waals surface area contributed by atoms with E-state index < -0.39 is 12.1 Å². The lowest BCUT2D eigenvalue weighted by Gasteiger charge is -2.34. The molecule has 0 aromatic heterocycles. The van der Waals surface area contributed by atoms with Crippen LogP contribution < -0.4 is 9.47 Å². The summed E-state index contributed by atoms with van der Waals surface area (Å²) in [7, 11) is 1.32. The zero-order valence-electron chi connectivity index (χ0n) is 15.5. The quantitative estimate of drug-likeness (QED) is 0.709. The molecule has 1 atom stereocenters. The van der Waals surface area contributed by atoms with Gasteiger partial charge in [-0.3, -0.25) is 9.59 Å². The van der Waals surface area contributed by atoms with Crippen LogP contribution >= 0.6 is 0 Å². The molecular formula is C19H22F3NO5. The van der Waals surface area contributed by atoms with Crippen molar-refractivity contribution >= 4 is 11.9 Å². The van der Waals surface area contributed by atoms with Crippen LogP contribution in [0.5, 0.6) is 11.5 Å². The summed E-state index contributed by atoms with van der Waals surface area (Å²) in [6.07, 6.45) is -3.14. The smallest absolute Gasteiger partial charge is 0.469 e. The van der Waals surface area contributed by atoms with Crippen LogP contribution in [0.4, 0.5) is 13.2 Å². The molecule has 0 saturated carbocycles. The minimum atomic E-state index is -4.84. The molecule has 9 heteroatoms. The van der Waals surface area contributed by atoms with E-state index in [1.165, 1.54) is 7.11 Å². The summed E-state index contributed by atoms with van der Waals surface area (Å²) < 4.78 is 53.3. The Kier molecular flexibility index (Phi) is 6.00. The second-order valence-electron chi connectivity index (χ2n) is 7.06. The molecule has 2 heterocycles. The summed E-state index contributed by atoms with van der Waals surface area (Å²) in [5.41, 5.74) is 0.892. The number of nitrogens with zero attached hydrogens (tertiary/aromatic N) is 1. The third-order valence-electron chi connectivity index (χ3n) is 5.27. The number of amides is 1. The number of alkyl halides is 3. The van der Waals surface area contributed by atoms with Crippen LogP contribution in [0.1, 0.15) is 37.2 Å². The minimum Gasteiger partial charge on any atom is -0.469 e. The van der Waals surface area contributed by atoms with Crippen LogP contribution in [-0.2, 0) is 14.3 Å². The fraction of sp³-hybridized carbons (Fsp3) is 0.579. The first-order chi connectivity index (χ1) is 13.3. The van der Waals surface area contributed by atoms with E-state index in [2.05, 4.69) is 0 Å². The fourth-order valence-corrected chi connectivity index (χ4v) is 3.74. The SMILES string of the molecule is COC(=O)CC(CC1CCN(C(=O)C(F)(F)F)CC1)c1ccc2c(c1)OCO2. The molecule has 0 spiro atoms. The lowest BCUT2D eigenvalue weighted by Crippen LogP contribution is -2.45. The molecule has 1 saturated heterocycles. The molecule has 0 bridgehead atoms. The number of halogens is 3. The molecular weight excluding hydrogens is 379 g/mol.